The second-order valence-electron chi connectivity index (χ2n) is 31.5. The Morgan fingerprint density at radius 2 is 0.442 bits per heavy atom. The maximum atomic E-state index is 13.1. The van der Waals surface area contributed by atoms with E-state index in [4.69, 9.17) is 37.0 Å². The second kappa shape index (κ2) is 76.4. The number of hydrogen-bond acceptors (Lipinski definition) is 15. The molecule has 17 nitrogen and oxygen atoms in total. The van der Waals surface area contributed by atoms with Crippen LogP contribution in [0, 0.1) is 11.8 Å². The fraction of sp³-hybridized carbons (Fsp3) is 0.953. The Balaban J connectivity index is 5.20. The summed E-state index contributed by atoms with van der Waals surface area (Å²) in [4.78, 5) is 73.1. The first-order valence-electron chi connectivity index (χ1n) is 44.0. The van der Waals surface area contributed by atoms with Crippen LogP contribution in [-0.4, -0.2) is 96.7 Å². The molecule has 0 saturated carbocycles. The van der Waals surface area contributed by atoms with Crippen LogP contribution in [0.25, 0.3) is 0 Å². The van der Waals surface area contributed by atoms with Gasteiger partial charge in [-0.05, 0) is 37.5 Å². The van der Waals surface area contributed by atoms with Crippen molar-refractivity contribution in [2.24, 2.45) is 11.8 Å². The Bertz CT molecular complexity index is 1990. The minimum absolute atomic E-state index is 0.106. The number of aliphatic hydroxyl groups is 1. The molecule has 0 rings (SSSR count). The van der Waals surface area contributed by atoms with Gasteiger partial charge < -0.3 is 33.8 Å². The van der Waals surface area contributed by atoms with Crippen LogP contribution in [0.2, 0.25) is 0 Å². The molecule has 19 heteroatoms. The summed E-state index contributed by atoms with van der Waals surface area (Å²) >= 11 is 0. The molecule has 0 heterocycles. The number of carbonyl (C=O) groups excluding carboxylic acids is 4. The lowest BCUT2D eigenvalue weighted by Crippen LogP contribution is -2.30. The van der Waals surface area contributed by atoms with E-state index in [1.165, 1.54) is 263 Å². The van der Waals surface area contributed by atoms with Crippen LogP contribution in [0.1, 0.15) is 452 Å². The SMILES string of the molecule is CCCCCCCCCCCCCCCCCCCCCCCCC(=O)O[C@H](COC(=O)CCCCCCCCCCCCCCCCCCCCC)COP(=O)(O)OC[C@@H](O)COP(=O)(O)OC[C@@H](COC(=O)CCCCCCCCC(C)C)OC(=O)CCCCCCCCCCCCCC(C)C. The molecule has 0 aromatic rings. The standard InChI is InChI=1S/C85H166O17P2/c1-7-9-11-13-15-17-19-21-23-25-27-28-29-31-33-35-37-41-45-49-57-63-69-84(89)101-80(73-95-82(87)67-61-55-48-44-40-36-34-32-30-26-24-22-20-18-16-14-12-10-8-2)75-99-103(91,92)97-71-79(86)72-98-104(93,94)100-76-81(74-96-83(88)68-62-56-52-51-54-60-66-78(5)6)102-85(90)70-64-58-50-46-42-38-39-43-47-53-59-65-77(3)4/h77-81,86H,7-76H2,1-6H3,(H,91,92)(H,93,94)/t79-,80-,81-/m1/s1. The van der Waals surface area contributed by atoms with E-state index in [0.29, 0.717) is 31.6 Å². The Morgan fingerprint density at radius 3 is 0.654 bits per heavy atom. The second-order valence-corrected chi connectivity index (χ2v) is 34.4. The molecule has 0 fully saturated rings. The van der Waals surface area contributed by atoms with E-state index in [2.05, 4.69) is 41.5 Å². The molecular weight excluding hydrogens is 1350 g/mol. The number of esters is 4. The van der Waals surface area contributed by atoms with E-state index in [9.17, 15) is 43.2 Å². The first-order valence-corrected chi connectivity index (χ1v) is 47.0. The number of ether oxygens (including phenoxy) is 4. The molecular formula is C85H166O17P2. The zero-order valence-corrected chi connectivity index (χ0v) is 70.1. The van der Waals surface area contributed by atoms with Crippen molar-refractivity contribution in [3.8, 4) is 0 Å². The Hall–Kier alpha value is -1.94. The predicted molar refractivity (Wildman–Crippen MR) is 428 cm³/mol. The van der Waals surface area contributed by atoms with Gasteiger partial charge in [0.1, 0.15) is 19.3 Å². The zero-order chi connectivity index (χ0) is 76.4. The van der Waals surface area contributed by atoms with Crippen molar-refractivity contribution in [1.82, 2.24) is 0 Å². The topological polar surface area (TPSA) is 237 Å². The lowest BCUT2D eigenvalue weighted by molar-refractivity contribution is -0.161. The van der Waals surface area contributed by atoms with Gasteiger partial charge in [-0.1, -0.05) is 401 Å². The zero-order valence-electron chi connectivity index (χ0n) is 68.3. The summed E-state index contributed by atoms with van der Waals surface area (Å²) in [6, 6.07) is 0. The molecule has 0 aliphatic rings. The summed E-state index contributed by atoms with van der Waals surface area (Å²) in [6.45, 7) is 9.57. The van der Waals surface area contributed by atoms with Gasteiger partial charge in [0, 0.05) is 25.7 Å². The van der Waals surface area contributed by atoms with Gasteiger partial charge in [-0.2, -0.15) is 0 Å². The van der Waals surface area contributed by atoms with E-state index in [1.807, 2.05) is 0 Å². The van der Waals surface area contributed by atoms with Gasteiger partial charge in [0.25, 0.3) is 0 Å². The molecule has 5 atom stereocenters. The number of phosphoric ester groups is 2. The van der Waals surface area contributed by atoms with Crippen molar-refractivity contribution in [2.45, 2.75) is 471 Å². The van der Waals surface area contributed by atoms with Crippen molar-refractivity contribution >= 4 is 39.5 Å². The molecule has 104 heavy (non-hydrogen) atoms. The van der Waals surface area contributed by atoms with E-state index in [1.54, 1.807) is 0 Å². The van der Waals surface area contributed by atoms with Crippen molar-refractivity contribution in [2.75, 3.05) is 39.6 Å². The summed E-state index contributed by atoms with van der Waals surface area (Å²) in [6.07, 6.45) is 68.4. The van der Waals surface area contributed by atoms with Crippen molar-refractivity contribution < 1.29 is 80.2 Å². The smallest absolute Gasteiger partial charge is 0.462 e. The number of carbonyl (C=O) groups is 4. The summed E-state index contributed by atoms with van der Waals surface area (Å²) in [5.41, 5.74) is 0. The minimum atomic E-state index is -4.96. The first kappa shape index (κ1) is 102. The molecule has 3 N–H and O–H groups in total. The lowest BCUT2D eigenvalue weighted by atomic mass is 10.0. The van der Waals surface area contributed by atoms with Crippen molar-refractivity contribution in [3.05, 3.63) is 0 Å². The molecule has 0 aliphatic carbocycles. The van der Waals surface area contributed by atoms with Crippen LogP contribution in [0.3, 0.4) is 0 Å². The fourth-order valence-electron chi connectivity index (χ4n) is 13.2. The highest BCUT2D eigenvalue weighted by atomic mass is 31.2. The monoisotopic (exact) mass is 1520 g/mol. The van der Waals surface area contributed by atoms with Gasteiger partial charge in [-0.3, -0.25) is 37.3 Å². The highest BCUT2D eigenvalue weighted by Crippen LogP contribution is 2.45. The first-order chi connectivity index (χ1) is 50.4. The van der Waals surface area contributed by atoms with E-state index < -0.39 is 97.5 Å². The van der Waals surface area contributed by atoms with E-state index in [0.717, 1.165) is 102 Å². The van der Waals surface area contributed by atoms with E-state index in [-0.39, 0.29) is 25.7 Å². The van der Waals surface area contributed by atoms with Gasteiger partial charge in [0.15, 0.2) is 12.2 Å². The molecule has 0 amide bonds. The Morgan fingerprint density at radius 1 is 0.260 bits per heavy atom. The molecule has 2 unspecified atom stereocenters. The molecule has 0 spiro atoms. The Labute approximate surface area is 638 Å². The van der Waals surface area contributed by atoms with Crippen molar-refractivity contribution in [3.63, 3.8) is 0 Å². The predicted octanol–water partition coefficient (Wildman–Crippen LogP) is 25.8. The van der Waals surface area contributed by atoms with E-state index >= 15 is 0 Å². The van der Waals surface area contributed by atoms with Gasteiger partial charge in [0.05, 0.1) is 26.4 Å². The quantitative estimate of drug-likeness (QED) is 0.0222. The average molecular weight is 1520 g/mol. The largest absolute Gasteiger partial charge is 0.472 e. The lowest BCUT2D eigenvalue weighted by Gasteiger charge is -2.21. The van der Waals surface area contributed by atoms with Crippen LogP contribution in [0.15, 0.2) is 0 Å². The number of rotatable bonds is 84. The highest BCUT2D eigenvalue weighted by Gasteiger charge is 2.30. The normalized spacial score (nSPS) is 13.8. The fourth-order valence-corrected chi connectivity index (χ4v) is 14.8. The van der Waals surface area contributed by atoms with Gasteiger partial charge in [0.2, 0.25) is 0 Å². The molecule has 0 aliphatic heterocycles. The average Bonchev–Trinajstić information content (AvgIpc) is 0.907. The third-order valence-corrected chi connectivity index (χ3v) is 21.9. The van der Waals surface area contributed by atoms with Crippen LogP contribution in [0.4, 0.5) is 0 Å². The molecule has 0 bridgehead atoms. The van der Waals surface area contributed by atoms with Crippen LogP contribution in [0.5, 0.6) is 0 Å². The molecule has 618 valence electrons. The number of phosphoric acid groups is 2. The number of hydrogen-bond donors (Lipinski definition) is 3. The molecule has 0 aromatic heterocycles. The minimum Gasteiger partial charge on any atom is -0.462 e. The van der Waals surface area contributed by atoms with Crippen LogP contribution in [-0.2, 0) is 65.4 Å². The van der Waals surface area contributed by atoms with Gasteiger partial charge >= 0.3 is 39.5 Å². The molecule has 0 radical (unpaired) electrons. The highest BCUT2D eigenvalue weighted by molar-refractivity contribution is 7.47. The summed E-state index contributed by atoms with van der Waals surface area (Å²) < 4.78 is 68.8. The maximum absolute atomic E-state index is 13.1. The summed E-state index contributed by atoms with van der Waals surface area (Å²) in [5, 5.41) is 10.7. The number of aliphatic hydroxyl groups excluding tert-OH is 1. The maximum Gasteiger partial charge on any atom is 0.472 e. The summed E-state index contributed by atoms with van der Waals surface area (Å²) in [5.74, 6) is -0.663. The van der Waals surface area contributed by atoms with Crippen molar-refractivity contribution in [1.29, 1.82) is 0 Å². The summed E-state index contributed by atoms with van der Waals surface area (Å²) in [7, 11) is -9.92. The van der Waals surface area contributed by atoms with Gasteiger partial charge in [-0.25, -0.2) is 9.13 Å². The van der Waals surface area contributed by atoms with Gasteiger partial charge in [-0.15, -0.1) is 0 Å². The third-order valence-electron chi connectivity index (χ3n) is 20.0. The molecule has 0 saturated heterocycles. The van der Waals surface area contributed by atoms with Crippen LogP contribution >= 0.6 is 15.6 Å². The third kappa shape index (κ3) is 78.2. The Kier molecular flexibility index (Phi) is 75.0. The van der Waals surface area contributed by atoms with Crippen LogP contribution < -0.4 is 0 Å². The number of unbranched alkanes of at least 4 members (excludes halogenated alkanes) is 54. The molecule has 0 aromatic carbocycles.